The summed E-state index contributed by atoms with van der Waals surface area (Å²) >= 11 is 0. The van der Waals surface area contributed by atoms with Crippen LogP contribution < -0.4 is 19.7 Å². The Morgan fingerprint density at radius 2 is 1.77 bits per heavy atom. The number of halogens is 3. The molecule has 3 aromatic carbocycles. The van der Waals surface area contributed by atoms with E-state index in [1.54, 1.807) is 13.2 Å². The molecule has 2 aliphatic heterocycles. The number of carbonyl (C=O) groups excluding carboxylic acids is 1. The lowest BCUT2D eigenvalue weighted by Crippen LogP contribution is -2.61. The van der Waals surface area contributed by atoms with E-state index in [0.29, 0.717) is 44.8 Å². The van der Waals surface area contributed by atoms with E-state index in [1.807, 2.05) is 54.6 Å². The summed E-state index contributed by atoms with van der Waals surface area (Å²) in [7, 11) is 1.61. The molecule has 1 saturated heterocycles. The normalized spacial score (nSPS) is 18.9. The van der Waals surface area contributed by atoms with Crippen molar-refractivity contribution in [3.8, 4) is 11.5 Å². The van der Waals surface area contributed by atoms with Gasteiger partial charge < -0.3 is 19.7 Å². The number of carbonyl (C=O) groups is 1. The third-order valence-corrected chi connectivity index (χ3v) is 7.75. The summed E-state index contributed by atoms with van der Waals surface area (Å²) in [4.78, 5) is 17.9. The zero-order valence-corrected chi connectivity index (χ0v) is 22.5. The van der Waals surface area contributed by atoms with Crippen molar-refractivity contribution in [3.05, 3.63) is 89.5 Å². The number of piperazine rings is 1. The van der Waals surface area contributed by atoms with Crippen molar-refractivity contribution in [1.29, 1.82) is 0 Å². The number of rotatable bonds is 9. The number of hydrogen-bond donors (Lipinski definition) is 1. The molecule has 0 saturated carbocycles. The molecule has 2 heterocycles. The summed E-state index contributed by atoms with van der Waals surface area (Å²) in [5.41, 5.74) is 1.75. The van der Waals surface area contributed by atoms with Crippen molar-refractivity contribution in [2.45, 2.75) is 25.1 Å². The van der Waals surface area contributed by atoms with Gasteiger partial charge in [-0.2, -0.15) is 13.2 Å². The Kier molecular flexibility index (Phi) is 8.49. The lowest BCUT2D eigenvalue weighted by molar-refractivity contribution is -0.137. The Bertz CT molecular complexity index is 1280. The summed E-state index contributed by atoms with van der Waals surface area (Å²) in [5, 5.41) is 3.06. The van der Waals surface area contributed by atoms with Gasteiger partial charge in [-0.3, -0.25) is 9.69 Å². The standard InChI is InChI=1S/C31H34F3N3O3/c1-39-25-10-7-22(8-11-25)13-14-35-30(38)27-20-23-19-24(31(32,33)34)9-12-28(23)37-16-15-36(21-29(27)37)17-18-40-26-5-3-2-4-6-26/h2-12,19,27,29H,13-18,20-21H2,1H3,(H,35,38). The molecule has 0 radical (unpaired) electrons. The first kappa shape index (κ1) is 27.8. The first-order valence-corrected chi connectivity index (χ1v) is 13.6. The quantitative estimate of drug-likeness (QED) is 0.412. The SMILES string of the molecule is COc1ccc(CCNC(=O)C2Cc3cc(C(F)(F)F)ccc3N3CCN(CCOc4ccccc4)CC23)cc1. The Hall–Kier alpha value is -3.72. The Morgan fingerprint density at radius 3 is 2.50 bits per heavy atom. The minimum absolute atomic E-state index is 0.131. The molecule has 40 heavy (non-hydrogen) atoms. The van der Waals surface area contributed by atoms with Crippen LogP contribution in [0.3, 0.4) is 0 Å². The predicted octanol–water partition coefficient (Wildman–Crippen LogP) is 4.81. The van der Waals surface area contributed by atoms with E-state index in [0.717, 1.165) is 35.4 Å². The second-order valence-corrected chi connectivity index (χ2v) is 10.3. The number of nitrogens with one attached hydrogen (secondary N) is 1. The number of nitrogens with zero attached hydrogens (tertiary/aromatic N) is 2. The highest BCUT2D eigenvalue weighted by Gasteiger charge is 2.42. The highest BCUT2D eigenvalue weighted by atomic mass is 19.4. The second-order valence-electron chi connectivity index (χ2n) is 10.3. The number of methoxy groups -OCH3 is 1. The van der Waals surface area contributed by atoms with E-state index in [1.165, 1.54) is 6.07 Å². The van der Waals surface area contributed by atoms with Crippen molar-refractivity contribution < 1.29 is 27.4 Å². The molecule has 1 N–H and O–H groups in total. The van der Waals surface area contributed by atoms with Gasteiger partial charge in [-0.05, 0) is 66.4 Å². The van der Waals surface area contributed by atoms with E-state index in [-0.39, 0.29) is 18.4 Å². The molecular weight excluding hydrogens is 519 g/mol. The second kappa shape index (κ2) is 12.2. The first-order valence-electron chi connectivity index (χ1n) is 13.6. The van der Waals surface area contributed by atoms with Gasteiger partial charge in [-0.15, -0.1) is 0 Å². The van der Waals surface area contributed by atoms with Gasteiger partial charge in [0.1, 0.15) is 18.1 Å². The highest BCUT2D eigenvalue weighted by Crippen LogP contribution is 2.39. The average Bonchev–Trinajstić information content (AvgIpc) is 2.96. The third-order valence-electron chi connectivity index (χ3n) is 7.75. The molecule has 0 spiro atoms. The number of anilines is 1. The minimum atomic E-state index is -4.43. The number of amides is 1. The van der Waals surface area contributed by atoms with Crippen LogP contribution in [0.2, 0.25) is 0 Å². The van der Waals surface area contributed by atoms with E-state index < -0.39 is 17.7 Å². The lowest BCUT2D eigenvalue weighted by Gasteiger charge is -2.49. The van der Waals surface area contributed by atoms with Gasteiger partial charge in [0.05, 0.1) is 24.6 Å². The third kappa shape index (κ3) is 6.53. The lowest BCUT2D eigenvalue weighted by atomic mass is 9.82. The molecule has 9 heteroatoms. The van der Waals surface area contributed by atoms with Crippen LogP contribution in [0.1, 0.15) is 16.7 Å². The van der Waals surface area contributed by atoms with Crippen LogP contribution in [-0.2, 0) is 23.8 Å². The summed E-state index contributed by atoms with van der Waals surface area (Å²) in [6.45, 7) is 3.66. The Balaban J connectivity index is 1.28. The van der Waals surface area contributed by atoms with Crippen LogP contribution in [0.4, 0.5) is 18.9 Å². The van der Waals surface area contributed by atoms with Crippen molar-refractivity contribution in [2.24, 2.45) is 5.92 Å². The van der Waals surface area contributed by atoms with Gasteiger partial charge in [0.2, 0.25) is 5.91 Å². The maximum Gasteiger partial charge on any atom is 0.416 e. The maximum absolute atomic E-state index is 13.5. The molecule has 1 amide bonds. The summed E-state index contributed by atoms with van der Waals surface area (Å²) in [5.74, 6) is 0.976. The van der Waals surface area contributed by atoms with Crippen molar-refractivity contribution in [1.82, 2.24) is 10.2 Å². The molecule has 0 aromatic heterocycles. The average molecular weight is 554 g/mol. The topological polar surface area (TPSA) is 54.0 Å². The summed E-state index contributed by atoms with van der Waals surface area (Å²) in [6.07, 6.45) is -3.52. The van der Waals surface area contributed by atoms with Gasteiger partial charge in [-0.25, -0.2) is 0 Å². The molecule has 0 bridgehead atoms. The van der Waals surface area contributed by atoms with E-state index >= 15 is 0 Å². The number of hydrogen-bond acceptors (Lipinski definition) is 5. The molecule has 2 aliphatic rings. The maximum atomic E-state index is 13.5. The zero-order chi connectivity index (χ0) is 28.1. The number of ether oxygens (including phenoxy) is 2. The smallest absolute Gasteiger partial charge is 0.416 e. The van der Waals surface area contributed by atoms with Crippen LogP contribution in [0, 0.1) is 5.92 Å². The number of para-hydroxylation sites is 1. The van der Waals surface area contributed by atoms with Crippen molar-refractivity contribution >= 4 is 11.6 Å². The summed E-state index contributed by atoms with van der Waals surface area (Å²) in [6, 6.07) is 21.1. The predicted molar refractivity (Wildman–Crippen MR) is 148 cm³/mol. The number of alkyl halides is 3. The van der Waals surface area contributed by atoms with Crippen LogP contribution in [-0.4, -0.2) is 63.3 Å². The van der Waals surface area contributed by atoms with Gasteiger partial charge in [0.25, 0.3) is 0 Å². The highest BCUT2D eigenvalue weighted by molar-refractivity contribution is 5.82. The van der Waals surface area contributed by atoms with E-state index in [4.69, 9.17) is 9.47 Å². The zero-order valence-electron chi connectivity index (χ0n) is 22.5. The van der Waals surface area contributed by atoms with Crippen LogP contribution in [0.15, 0.2) is 72.8 Å². The Labute approximate surface area is 232 Å². The summed E-state index contributed by atoms with van der Waals surface area (Å²) < 4.78 is 51.6. The molecule has 5 rings (SSSR count). The Morgan fingerprint density at radius 1 is 1.00 bits per heavy atom. The van der Waals surface area contributed by atoms with Crippen molar-refractivity contribution in [2.75, 3.05) is 51.3 Å². The van der Waals surface area contributed by atoms with Gasteiger partial charge >= 0.3 is 6.18 Å². The van der Waals surface area contributed by atoms with Crippen LogP contribution >= 0.6 is 0 Å². The molecule has 0 aliphatic carbocycles. The molecule has 6 nitrogen and oxygen atoms in total. The van der Waals surface area contributed by atoms with Gasteiger partial charge in [0.15, 0.2) is 0 Å². The number of fused-ring (bicyclic) bond motifs is 3. The van der Waals surface area contributed by atoms with Gasteiger partial charge in [0, 0.05) is 38.4 Å². The molecule has 2 unspecified atom stereocenters. The fraction of sp³-hybridized carbons (Fsp3) is 0.387. The molecule has 1 fully saturated rings. The first-order chi connectivity index (χ1) is 19.3. The number of benzene rings is 3. The molecular formula is C31H34F3N3O3. The molecule has 212 valence electrons. The van der Waals surface area contributed by atoms with Crippen molar-refractivity contribution in [3.63, 3.8) is 0 Å². The molecule has 2 atom stereocenters. The van der Waals surface area contributed by atoms with Gasteiger partial charge in [-0.1, -0.05) is 30.3 Å². The van der Waals surface area contributed by atoms with E-state index in [9.17, 15) is 18.0 Å². The van der Waals surface area contributed by atoms with E-state index in [2.05, 4.69) is 15.1 Å². The minimum Gasteiger partial charge on any atom is -0.497 e. The van der Waals surface area contributed by atoms with Crippen LogP contribution in [0.25, 0.3) is 0 Å². The monoisotopic (exact) mass is 553 g/mol. The van der Waals surface area contributed by atoms with Crippen LogP contribution in [0.5, 0.6) is 11.5 Å². The fourth-order valence-corrected chi connectivity index (χ4v) is 5.62. The molecule has 3 aromatic rings. The largest absolute Gasteiger partial charge is 0.497 e. The fourth-order valence-electron chi connectivity index (χ4n) is 5.62.